The van der Waals surface area contributed by atoms with Crippen molar-refractivity contribution in [1.82, 2.24) is 5.32 Å². The minimum Gasteiger partial charge on any atom is -0.468 e. The van der Waals surface area contributed by atoms with Crippen molar-refractivity contribution in [2.75, 3.05) is 25.7 Å². The van der Waals surface area contributed by atoms with E-state index in [4.69, 9.17) is 10.5 Å². The van der Waals surface area contributed by atoms with E-state index in [1.165, 1.54) is 12.7 Å². The zero-order valence-electron chi connectivity index (χ0n) is 12.2. The normalized spacial score (nSPS) is 13.8. The van der Waals surface area contributed by atoms with Crippen molar-refractivity contribution >= 4 is 17.7 Å². The van der Waals surface area contributed by atoms with E-state index in [2.05, 4.69) is 17.4 Å². The topological polar surface area (TPSA) is 64.3 Å². The van der Waals surface area contributed by atoms with E-state index in [1.54, 1.807) is 11.8 Å². The molecular formula is C15H24N2O2S. The molecule has 0 bridgehead atoms. The molecule has 5 heteroatoms. The first-order valence-electron chi connectivity index (χ1n) is 6.77. The van der Waals surface area contributed by atoms with Gasteiger partial charge in [0.05, 0.1) is 7.11 Å². The predicted molar refractivity (Wildman–Crippen MR) is 84.9 cm³/mol. The molecule has 0 saturated carbocycles. The molecule has 0 fully saturated rings. The summed E-state index contributed by atoms with van der Waals surface area (Å²) >= 11 is 1.72. The van der Waals surface area contributed by atoms with E-state index in [-0.39, 0.29) is 18.1 Å². The van der Waals surface area contributed by atoms with Crippen LogP contribution in [0, 0.1) is 0 Å². The minimum atomic E-state index is -0.269. The molecule has 0 aliphatic carbocycles. The second-order valence-corrected chi connectivity index (χ2v) is 5.70. The van der Waals surface area contributed by atoms with Gasteiger partial charge < -0.3 is 15.8 Å². The average Bonchev–Trinajstić information content (AvgIpc) is 2.47. The Morgan fingerprint density at radius 3 is 2.70 bits per heavy atom. The molecule has 0 saturated heterocycles. The standard InChI is InChI=1S/C15H24N2O2S/c1-19-15(18)14(8-9-20-2)17-11-13(16)10-12-6-4-3-5-7-12/h3-7,13-14,17H,8-11,16H2,1-2H3/t13?,14-/m0/s1. The van der Waals surface area contributed by atoms with Crippen LogP contribution in [0.25, 0.3) is 0 Å². The fourth-order valence-corrected chi connectivity index (χ4v) is 2.44. The molecule has 1 aromatic rings. The lowest BCUT2D eigenvalue weighted by molar-refractivity contribution is -0.143. The lowest BCUT2D eigenvalue weighted by Crippen LogP contribution is -2.45. The first-order valence-corrected chi connectivity index (χ1v) is 8.16. The molecule has 2 atom stereocenters. The number of methoxy groups -OCH3 is 1. The van der Waals surface area contributed by atoms with E-state index in [0.717, 1.165) is 18.6 Å². The van der Waals surface area contributed by atoms with Gasteiger partial charge in [-0.3, -0.25) is 4.79 Å². The van der Waals surface area contributed by atoms with Crippen molar-refractivity contribution in [1.29, 1.82) is 0 Å². The van der Waals surface area contributed by atoms with Gasteiger partial charge in [0, 0.05) is 12.6 Å². The summed E-state index contributed by atoms with van der Waals surface area (Å²) in [5.74, 6) is 0.701. The fourth-order valence-electron chi connectivity index (χ4n) is 1.96. The number of thioether (sulfide) groups is 1. The van der Waals surface area contributed by atoms with Gasteiger partial charge in [-0.05, 0) is 30.4 Å². The van der Waals surface area contributed by atoms with Crippen molar-refractivity contribution in [3.8, 4) is 0 Å². The van der Waals surface area contributed by atoms with Crippen molar-refractivity contribution in [2.24, 2.45) is 5.73 Å². The van der Waals surface area contributed by atoms with Gasteiger partial charge in [0.25, 0.3) is 0 Å². The van der Waals surface area contributed by atoms with Crippen LogP contribution in [-0.2, 0) is 16.0 Å². The molecule has 1 aromatic carbocycles. The number of nitrogens with two attached hydrogens (primary N) is 1. The third-order valence-corrected chi connectivity index (χ3v) is 3.71. The number of hydrogen-bond acceptors (Lipinski definition) is 5. The van der Waals surface area contributed by atoms with E-state index < -0.39 is 0 Å². The maximum absolute atomic E-state index is 11.7. The number of hydrogen-bond donors (Lipinski definition) is 2. The molecule has 20 heavy (non-hydrogen) atoms. The molecule has 1 rings (SSSR count). The Kier molecular flexibility index (Phi) is 8.34. The molecule has 0 radical (unpaired) electrons. The number of esters is 1. The van der Waals surface area contributed by atoms with Crippen LogP contribution in [0.15, 0.2) is 30.3 Å². The Morgan fingerprint density at radius 2 is 2.10 bits per heavy atom. The molecule has 4 nitrogen and oxygen atoms in total. The second-order valence-electron chi connectivity index (χ2n) is 4.72. The van der Waals surface area contributed by atoms with Crippen molar-refractivity contribution < 1.29 is 9.53 Å². The summed E-state index contributed by atoms with van der Waals surface area (Å²) in [7, 11) is 1.42. The Balaban J connectivity index is 2.39. The smallest absolute Gasteiger partial charge is 0.322 e. The van der Waals surface area contributed by atoms with Crippen LogP contribution in [-0.4, -0.2) is 43.7 Å². The van der Waals surface area contributed by atoms with Crippen molar-refractivity contribution in [3.63, 3.8) is 0 Å². The third-order valence-electron chi connectivity index (χ3n) is 3.06. The molecule has 0 aliphatic heterocycles. The average molecular weight is 296 g/mol. The number of carbonyl (C=O) groups excluding carboxylic acids is 1. The molecular weight excluding hydrogens is 272 g/mol. The predicted octanol–water partition coefficient (Wildman–Crippen LogP) is 1.44. The summed E-state index contributed by atoms with van der Waals surface area (Å²) in [6, 6.07) is 9.84. The maximum Gasteiger partial charge on any atom is 0.322 e. The van der Waals surface area contributed by atoms with Gasteiger partial charge >= 0.3 is 5.97 Å². The lowest BCUT2D eigenvalue weighted by Gasteiger charge is -2.19. The van der Waals surface area contributed by atoms with Gasteiger partial charge in [-0.1, -0.05) is 30.3 Å². The number of ether oxygens (including phenoxy) is 1. The van der Waals surface area contributed by atoms with Crippen LogP contribution in [0.1, 0.15) is 12.0 Å². The number of carbonyl (C=O) groups is 1. The number of benzene rings is 1. The summed E-state index contributed by atoms with van der Waals surface area (Å²) in [5.41, 5.74) is 7.31. The third kappa shape index (κ3) is 6.41. The summed E-state index contributed by atoms with van der Waals surface area (Å²) in [6.45, 7) is 0.600. The summed E-state index contributed by atoms with van der Waals surface area (Å²) in [5, 5.41) is 3.21. The van der Waals surface area contributed by atoms with E-state index in [0.29, 0.717) is 6.54 Å². The molecule has 112 valence electrons. The summed E-state index contributed by atoms with van der Waals surface area (Å²) < 4.78 is 4.81. The molecule has 0 spiro atoms. The molecule has 0 heterocycles. The van der Waals surface area contributed by atoms with Crippen LogP contribution < -0.4 is 11.1 Å². The van der Waals surface area contributed by atoms with E-state index in [9.17, 15) is 4.79 Å². The Labute approximate surface area is 125 Å². The highest BCUT2D eigenvalue weighted by Gasteiger charge is 2.18. The highest BCUT2D eigenvalue weighted by molar-refractivity contribution is 7.98. The lowest BCUT2D eigenvalue weighted by atomic mass is 10.1. The van der Waals surface area contributed by atoms with E-state index in [1.807, 2.05) is 24.5 Å². The highest BCUT2D eigenvalue weighted by atomic mass is 32.2. The Hall–Kier alpha value is -1.04. The molecule has 0 aliphatic rings. The van der Waals surface area contributed by atoms with Gasteiger partial charge in [0.2, 0.25) is 0 Å². The summed E-state index contributed by atoms with van der Waals surface area (Å²) in [6.07, 6.45) is 3.58. The van der Waals surface area contributed by atoms with Crippen LogP contribution >= 0.6 is 11.8 Å². The molecule has 0 amide bonds. The summed E-state index contributed by atoms with van der Waals surface area (Å²) in [4.78, 5) is 11.7. The monoisotopic (exact) mass is 296 g/mol. The van der Waals surface area contributed by atoms with Crippen molar-refractivity contribution in [2.45, 2.75) is 24.9 Å². The quantitative estimate of drug-likeness (QED) is 0.675. The fraction of sp³-hybridized carbons (Fsp3) is 0.533. The Bertz CT molecular complexity index is 387. The van der Waals surface area contributed by atoms with Crippen LogP contribution in [0.5, 0.6) is 0 Å². The SMILES string of the molecule is COC(=O)[C@H](CCSC)NCC(N)Cc1ccccc1. The minimum absolute atomic E-state index is 0.0150. The zero-order chi connectivity index (χ0) is 14.8. The van der Waals surface area contributed by atoms with Gasteiger partial charge in [-0.15, -0.1) is 0 Å². The number of nitrogens with one attached hydrogen (secondary N) is 1. The van der Waals surface area contributed by atoms with Gasteiger partial charge in [-0.2, -0.15) is 11.8 Å². The zero-order valence-corrected chi connectivity index (χ0v) is 13.0. The second kappa shape index (κ2) is 9.80. The van der Waals surface area contributed by atoms with Gasteiger partial charge in [-0.25, -0.2) is 0 Å². The first-order chi connectivity index (χ1) is 9.67. The van der Waals surface area contributed by atoms with Gasteiger partial charge in [0.1, 0.15) is 6.04 Å². The highest BCUT2D eigenvalue weighted by Crippen LogP contribution is 2.04. The molecule has 1 unspecified atom stereocenters. The number of rotatable bonds is 9. The van der Waals surface area contributed by atoms with Crippen molar-refractivity contribution in [3.05, 3.63) is 35.9 Å². The van der Waals surface area contributed by atoms with Gasteiger partial charge in [0.15, 0.2) is 0 Å². The van der Waals surface area contributed by atoms with Crippen LogP contribution in [0.2, 0.25) is 0 Å². The van der Waals surface area contributed by atoms with Crippen LogP contribution in [0.4, 0.5) is 0 Å². The largest absolute Gasteiger partial charge is 0.468 e. The first kappa shape index (κ1) is 17.0. The maximum atomic E-state index is 11.7. The van der Waals surface area contributed by atoms with E-state index >= 15 is 0 Å². The Morgan fingerprint density at radius 1 is 1.40 bits per heavy atom. The molecule has 0 aromatic heterocycles. The van der Waals surface area contributed by atoms with Crippen LogP contribution in [0.3, 0.4) is 0 Å². The molecule has 3 N–H and O–H groups in total.